The molecular weight excluding hydrogens is 336 g/mol. The van der Waals surface area contributed by atoms with E-state index in [9.17, 15) is 18.0 Å². The Morgan fingerprint density at radius 3 is 2.42 bits per heavy atom. The highest BCUT2D eigenvalue weighted by Crippen LogP contribution is 2.17. The lowest BCUT2D eigenvalue weighted by atomic mass is 10.2. The minimum Gasteiger partial charge on any atom is -0.464 e. The van der Waals surface area contributed by atoms with Crippen molar-refractivity contribution in [2.75, 3.05) is 27.8 Å². The number of benzene rings is 1. The molecule has 1 aromatic rings. The molecule has 9 heteroatoms. The third kappa shape index (κ3) is 4.31. The van der Waals surface area contributed by atoms with E-state index in [1.807, 2.05) is 0 Å². The Morgan fingerprint density at radius 2 is 1.88 bits per heavy atom. The van der Waals surface area contributed by atoms with E-state index in [0.717, 1.165) is 0 Å². The number of ether oxygens (including phenoxy) is 1. The molecule has 1 amide bonds. The summed E-state index contributed by atoms with van der Waals surface area (Å²) in [4.78, 5) is 30.0. The molecule has 0 fully saturated rings. The molecule has 0 spiro atoms. The van der Waals surface area contributed by atoms with Crippen LogP contribution in [0.3, 0.4) is 0 Å². The Hall–Kier alpha value is -1.97. The molecule has 0 saturated heterocycles. The Labute approximate surface area is 142 Å². The zero-order valence-corrected chi connectivity index (χ0v) is 15.2. The Morgan fingerprint density at radius 1 is 1.25 bits per heavy atom. The number of nitrogens with zero attached hydrogens (tertiary/aromatic N) is 2. The molecule has 8 nitrogen and oxygen atoms in total. The summed E-state index contributed by atoms with van der Waals surface area (Å²) in [6, 6.07) is 4.73. The lowest BCUT2D eigenvalue weighted by Gasteiger charge is -2.23. The van der Waals surface area contributed by atoms with E-state index < -0.39 is 27.9 Å². The Bertz CT molecular complexity index is 704. The highest BCUT2D eigenvalue weighted by atomic mass is 32.2. The summed E-state index contributed by atoms with van der Waals surface area (Å²) in [5, 5.41) is 0. The van der Waals surface area contributed by atoms with Crippen molar-refractivity contribution >= 4 is 21.9 Å². The number of sulfonamides is 1. The van der Waals surface area contributed by atoms with Crippen LogP contribution >= 0.6 is 0 Å². The van der Waals surface area contributed by atoms with E-state index >= 15 is 0 Å². The third-order valence-corrected chi connectivity index (χ3v) is 5.18. The number of esters is 1. The van der Waals surface area contributed by atoms with Crippen molar-refractivity contribution in [1.29, 1.82) is 0 Å². The first-order valence-electron chi connectivity index (χ1n) is 7.23. The monoisotopic (exact) mass is 358 g/mol. The molecule has 134 valence electrons. The topological polar surface area (TPSA) is 93.2 Å². The van der Waals surface area contributed by atoms with Gasteiger partial charge in [0.1, 0.15) is 6.04 Å². The molecule has 0 bridgehead atoms. The van der Waals surface area contributed by atoms with Crippen LogP contribution in [0.25, 0.3) is 0 Å². The van der Waals surface area contributed by atoms with Gasteiger partial charge in [0.15, 0.2) is 0 Å². The van der Waals surface area contributed by atoms with Crippen LogP contribution in [0.2, 0.25) is 0 Å². The molecule has 0 heterocycles. The lowest BCUT2D eigenvalue weighted by Crippen LogP contribution is -2.41. The van der Waals surface area contributed by atoms with Gasteiger partial charge in [-0.3, -0.25) is 9.63 Å². The molecule has 0 aliphatic carbocycles. The predicted molar refractivity (Wildman–Crippen MR) is 86.6 cm³/mol. The van der Waals surface area contributed by atoms with Crippen molar-refractivity contribution in [2.24, 2.45) is 0 Å². The molecule has 1 aromatic carbocycles. The summed E-state index contributed by atoms with van der Waals surface area (Å²) in [5.41, 5.74) is 0.138. The van der Waals surface area contributed by atoms with Crippen molar-refractivity contribution < 1.29 is 27.6 Å². The fourth-order valence-electron chi connectivity index (χ4n) is 1.84. The largest absolute Gasteiger partial charge is 0.464 e. The number of hydrogen-bond acceptors (Lipinski definition) is 6. The second kappa shape index (κ2) is 8.22. The standard InChI is InChI=1S/C15H22N2O6S/c1-6-23-15(19)11(2)16(3)14(18)12-8-7-9-13(10-12)24(20,21)17(4)22-5/h7-11H,6H2,1-5H3. The highest BCUT2D eigenvalue weighted by Gasteiger charge is 2.26. The first-order chi connectivity index (χ1) is 11.2. The molecule has 0 aliphatic rings. The second-order valence-electron chi connectivity index (χ2n) is 4.97. The zero-order chi connectivity index (χ0) is 18.5. The van der Waals surface area contributed by atoms with E-state index in [1.54, 1.807) is 6.92 Å². The average molecular weight is 358 g/mol. The van der Waals surface area contributed by atoms with Crippen LogP contribution in [0.4, 0.5) is 0 Å². The lowest BCUT2D eigenvalue weighted by molar-refractivity contribution is -0.147. The van der Waals surface area contributed by atoms with Crippen LogP contribution in [-0.2, 0) is 24.4 Å². The van der Waals surface area contributed by atoms with E-state index in [1.165, 1.54) is 57.3 Å². The van der Waals surface area contributed by atoms with Gasteiger partial charge in [-0.15, -0.1) is 0 Å². The highest BCUT2D eigenvalue weighted by molar-refractivity contribution is 7.89. The molecule has 1 rings (SSSR count). The number of carbonyl (C=O) groups excluding carboxylic acids is 2. The normalized spacial score (nSPS) is 12.8. The van der Waals surface area contributed by atoms with Gasteiger partial charge in [-0.1, -0.05) is 10.5 Å². The van der Waals surface area contributed by atoms with Gasteiger partial charge in [-0.25, -0.2) is 13.2 Å². The number of hydroxylamine groups is 1. The second-order valence-corrected chi connectivity index (χ2v) is 6.90. The Kier molecular flexibility index (Phi) is 6.88. The molecule has 0 saturated carbocycles. The average Bonchev–Trinajstić information content (AvgIpc) is 2.59. The summed E-state index contributed by atoms with van der Waals surface area (Å²) in [6.45, 7) is 3.42. The fraction of sp³-hybridized carbons (Fsp3) is 0.467. The van der Waals surface area contributed by atoms with Crippen LogP contribution in [0.1, 0.15) is 24.2 Å². The van der Waals surface area contributed by atoms with E-state index in [4.69, 9.17) is 9.57 Å². The van der Waals surface area contributed by atoms with Gasteiger partial charge >= 0.3 is 5.97 Å². The number of carbonyl (C=O) groups is 2. The maximum atomic E-state index is 12.5. The maximum Gasteiger partial charge on any atom is 0.328 e. The number of amides is 1. The van der Waals surface area contributed by atoms with Gasteiger partial charge in [0.2, 0.25) is 0 Å². The molecule has 1 atom stereocenters. The van der Waals surface area contributed by atoms with Crippen molar-refractivity contribution in [2.45, 2.75) is 24.8 Å². The van der Waals surface area contributed by atoms with Crippen molar-refractivity contribution in [1.82, 2.24) is 9.37 Å². The van der Waals surface area contributed by atoms with Gasteiger partial charge in [0.05, 0.1) is 18.6 Å². The first kappa shape index (κ1) is 20.1. The van der Waals surface area contributed by atoms with Crippen LogP contribution in [0.5, 0.6) is 0 Å². The van der Waals surface area contributed by atoms with E-state index in [2.05, 4.69) is 0 Å². The van der Waals surface area contributed by atoms with Gasteiger partial charge < -0.3 is 9.64 Å². The molecule has 0 aromatic heterocycles. The molecule has 1 unspecified atom stereocenters. The summed E-state index contributed by atoms with van der Waals surface area (Å²) in [7, 11) is 0.0559. The van der Waals surface area contributed by atoms with Gasteiger partial charge in [-0.2, -0.15) is 0 Å². The first-order valence-corrected chi connectivity index (χ1v) is 8.67. The third-order valence-electron chi connectivity index (χ3n) is 3.50. The number of hydrogen-bond donors (Lipinski definition) is 0. The predicted octanol–water partition coefficient (Wildman–Crippen LogP) is 0.892. The summed E-state index contributed by atoms with van der Waals surface area (Å²) in [5.74, 6) is -1.02. The maximum absolute atomic E-state index is 12.5. The summed E-state index contributed by atoms with van der Waals surface area (Å²) < 4.78 is 30.1. The van der Waals surface area contributed by atoms with Gasteiger partial charge in [0.25, 0.3) is 15.9 Å². The zero-order valence-electron chi connectivity index (χ0n) is 14.3. The summed E-state index contributed by atoms with van der Waals surface area (Å²) in [6.07, 6.45) is 0. The van der Waals surface area contributed by atoms with Crippen molar-refractivity contribution in [3.63, 3.8) is 0 Å². The van der Waals surface area contributed by atoms with Crippen LogP contribution in [-0.4, -0.2) is 63.5 Å². The summed E-state index contributed by atoms with van der Waals surface area (Å²) >= 11 is 0. The van der Waals surface area contributed by atoms with Crippen LogP contribution in [0, 0.1) is 0 Å². The molecule has 0 N–H and O–H groups in total. The molecule has 24 heavy (non-hydrogen) atoms. The van der Waals surface area contributed by atoms with Gasteiger partial charge in [0, 0.05) is 19.7 Å². The molecule has 0 radical (unpaired) electrons. The van der Waals surface area contributed by atoms with E-state index in [0.29, 0.717) is 4.47 Å². The van der Waals surface area contributed by atoms with Crippen molar-refractivity contribution in [3.8, 4) is 0 Å². The Balaban J connectivity index is 3.09. The van der Waals surface area contributed by atoms with Gasteiger partial charge in [-0.05, 0) is 32.0 Å². The van der Waals surface area contributed by atoms with Crippen LogP contribution < -0.4 is 0 Å². The van der Waals surface area contributed by atoms with E-state index in [-0.39, 0.29) is 17.1 Å². The fourth-order valence-corrected chi connectivity index (χ4v) is 2.86. The minimum absolute atomic E-state index is 0.0881. The SMILES string of the molecule is CCOC(=O)C(C)N(C)C(=O)c1cccc(S(=O)(=O)N(C)OC)c1. The quantitative estimate of drug-likeness (QED) is 0.531. The number of likely N-dealkylation sites (N-methyl/N-ethyl adjacent to an activating group) is 1. The molecule has 0 aliphatic heterocycles. The smallest absolute Gasteiger partial charge is 0.328 e. The van der Waals surface area contributed by atoms with Crippen LogP contribution in [0.15, 0.2) is 29.2 Å². The number of rotatable bonds is 7. The van der Waals surface area contributed by atoms with Crippen molar-refractivity contribution in [3.05, 3.63) is 29.8 Å². The minimum atomic E-state index is -3.87. The molecular formula is C15H22N2O6S.